The van der Waals surface area contributed by atoms with Gasteiger partial charge in [0, 0.05) is 31.2 Å². The van der Waals surface area contributed by atoms with Crippen LogP contribution in [-0.4, -0.2) is 34.6 Å². The van der Waals surface area contributed by atoms with E-state index >= 15 is 0 Å². The molecule has 2 rings (SSSR count). The molecule has 0 unspecified atom stereocenters. The molecule has 0 saturated carbocycles. The first-order valence-corrected chi connectivity index (χ1v) is 6.77. The summed E-state index contributed by atoms with van der Waals surface area (Å²) in [4.78, 5) is 15.7. The van der Waals surface area contributed by atoms with Gasteiger partial charge in [-0.1, -0.05) is 6.08 Å². The zero-order valence-corrected chi connectivity index (χ0v) is 11.9. The molecule has 2 aliphatic rings. The summed E-state index contributed by atoms with van der Waals surface area (Å²) in [6.45, 7) is 7.22. The monoisotopic (exact) mass is 262 g/mol. The second kappa shape index (κ2) is 5.51. The van der Waals surface area contributed by atoms with Crippen LogP contribution < -0.4 is 0 Å². The van der Waals surface area contributed by atoms with E-state index in [2.05, 4.69) is 23.3 Å². The van der Waals surface area contributed by atoms with Gasteiger partial charge >= 0.3 is 6.09 Å². The molecule has 4 nitrogen and oxygen atoms in total. The van der Waals surface area contributed by atoms with Crippen molar-refractivity contribution in [2.75, 3.05) is 13.1 Å². The van der Waals surface area contributed by atoms with Gasteiger partial charge in [-0.15, -0.1) is 0 Å². The summed E-state index contributed by atoms with van der Waals surface area (Å²) in [6.07, 6.45) is 12.1. The largest absolute Gasteiger partial charge is 0.443 e. The van der Waals surface area contributed by atoms with E-state index in [1.165, 1.54) is 6.42 Å². The number of ether oxygens (including phenoxy) is 1. The first-order valence-electron chi connectivity index (χ1n) is 6.77. The van der Waals surface area contributed by atoms with E-state index < -0.39 is 5.60 Å². The number of hydrogen-bond acceptors (Lipinski definition) is 3. The smallest absolute Gasteiger partial charge is 0.414 e. The summed E-state index contributed by atoms with van der Waals surface area (Å²) in [7, 11) is 0. The van der Waals surface area contributed by atoms with E-state index in [0.29, 0.717) is 6.54 Å². The number of allylic oxidation sites excluding steroid dienone is 2. The molecule has 0 aromatic carbocycles. The van der Waals surface area contributed by atoms with Gasteiger partial charge in [-0.3, -0.25) is 4.90 Å². The van der Waals surface area contributed by atoms with Crippen molar-refractivity contribution in [2.45, 2.75) is 39.2 Å². The highest BCUT2D eigenvalue weighted by Gasteiger charge is 2.22. The van der Waals surface area contributed by atoms with Crippen molar-refractivity contribution in [3.63, 3.8) is 0 Å². The third-order valence-corrected chi connectivity index (χ3v) is 2.94. The average molecular weight is 262 g/mol. The van der Waals surface area contributed by atoms with Gasteiger partial charge < -0.3 is 9.64 Å². The Labute approximate surface area is 115 Å². The molecule has 0 aromatic heterocycles. The second-order valence-corrected chi connectivity index (χ2v) is 5.80. The van der Waals surface area contributed by atoms with Gasteiger partial charge in [0.05, 0.1) is 0 Å². The van der Waals surface area contributed by atoms with Gasteiger partial charge in [0.1, 0.15) is 5.60 Å². The number of amides is 1. The summed E-state index contributed by atoms with van der Waals surface area (Å²) in [5.74, 6) is 0. The predicted octanol–water partition coefficient (Wildman–Crippen LogP) is 3.24. The number of carbonyl (C=O) groups is 1. The summed E-state index contributed by atoms with van der Waals surface area (Å²) in [5.41, 5.74) is 0.695. The number of rotatable bonds is 1. The Kier molecular flexibility index (Phi) is 3.98. The highest BCUT2D eigenvalue weighted by Crippen LogP contribution is 2.18. The third kappa shape index (κ3) is 3.88. The van der Waals surface area contributed by atoms with Gasteiger partial charge in [-0.05, 0) is 45.8 Å². The fourth-order valence-corrected chi connectivity index (χ4v) is 2.03. The molecule has 0 aromatic rings. The van der Waals surface area contributed by atoms with Gasteiger partial charge in [0.15, 0.2) is 0 Å². The summed E-state index contributed by atoms with van der Waals surface area (Å²) < 4.78 is 5.34. The second-order valence-electron chi connectivity index (χ2n) is 5.80. The van der Waals surface area contributed by atoms with Crippen LogP contribution in [0.5, 0.6) is 0 Å². The lowest BCUT2D eigenvalue weighted by Crippen LogP contribution is -2.35. The van der Waals surface area contributed by atoms with Crippen LogP contribution in [-0.2, 0) is 4.74 Å². The quantitative estimate of drug-likeness (QED) is 0.727. The molecule has 0 N–H and O–H groups in total. The molecule has 4 heteroatoms. The standard InChI is InChI=1S/C15H22N2O2/c1-15(2,3)19-14(18)17-11-7-13(8-12-17)16-9-5-4-6-10-16/h5,7-9,11H,4,6,10,12H2,1-3H3. The minimum atomic E-state index is -0.454. The van der Waals surface area contributed by atoms with E-state index in [1.54, 1.807) is 11.1 Å². The molecule has 2 aliphatic heterocycles. The number of nitrogens with zero attached hydrogens (tertiary/aromatic N) is 2. The topological polar surface area (TPSA) is 32.8 Å². The van der Waals surface area contributed by atoms with Crippen molar-refractivity contribution >= 4 is 6.09 Å². The maximum Gasteiger partial charge on any atom is 0.414 e. The van der Waals surface area contributed by atoms with Gasteiger partial charge in [-0.2, -0.15) is 0 Å². The fraction of sp³-hybridized carbons (Fsp3) is 0.533. The normalized spacial score (nSPS) is 19.4. The molecule has 0 spiro atoms. The zero-order chi connectivity index (χ0) is 13.9. The highest BCUT2D eigenvalue weighted by molar-refractivity contribution is 5.70. The minimum Gasteiger partial charge on any atom is -0.443 e. The highest BCUT2D eigenvalue weighted by atomic mass is 16.6. The first kappa shape index (κ1) is 13.7. The SMILES string of the molecule is CC(C)(C)OC(=O)N1C=CC(N2C=CCCC2)=CC1. The minimum absolute atomic E-state index is 0.298. The van der Waals surface area contributed by atoms with Crippen LogP contribution in [0.3, 0.4) is 0 Å². The summed E-state index contributed by atoms with van der Waals surface area (Å²) >= 11 is 0. The first-order chi connectivity index (χ1) is 8.96. The Morgan fingerprint density at radius 3 is 2.63 bits per heavy atom. The van der Waals surface area contributed by atoms with Gasteiger partial charge in [0.2, 0.25) is 0 Å². The molecule has 0 saturated heterocycles. The molecule has 19 heavy (non-hydrogen) atoms. The van der Waals surface area contributed by atoms with Crippen LogP contribution in [0.15, 0.2) is 36.3 Å². The van der Waals surface area contributed by atoms with E-state index in [1.807, 2.05) is 26.8 Å². The zero-order valence-electron chi connectivity index (χ0n) is 11.9. The number of carbonyl (C=O) groups excluding carboxylic acids is 1. The molecule has 0 bridgehead atoms. The van der Waals surface area contributed by atoms with Crippen molar-refractivity contribution in [3.05, 3.63) is 36.3 Å². The molecular weight excluding hydrogens is 240 g/mol. The summed E-state index contributed by atoms with van der Waals surface area (Å²) in [6, 6.07) is 0. The van der Waals surface area contributed by atoms with Crippen molar-refractivity contribution in [3.8, 4) is 0 Å². The lowest BCUT2D eigenvalue weighted by molar-refractivity contribution is 0.0349. The van der Waals surface area contributed by atoms with Crippen LogP contribution in [0.25, 0.3) is 0 Å². The van der Waals surface area contributed by atoms with E-state index in [0.717, 1.165) is 18.7 Å². The molecule has 2 heterocycles. The van der Waals surface area contributed by atoms with E-state index in [4.69, 9.17) is 4.74 Å². The van der Waals surface area contributed by atoms with Crippen LogP contribution in [0.1, 0.15) is 33.6 Å². The molecule has 104 valence electrons. The van der Waals surface area contributed by atoms with Crippen molar-refractivity contribution in [2.24, 2.45) is 0 Å². The molecule has 0 atom stereocenters. The van der Waals surface area contributed by atoms with Crippen molar-refractivity contribution < 1.29 is 9.53 Å². The van der Waals surface area contributed by atoms with E-state index in [9.17, 15) is 4.79 Å². The summed E-state index contributed by atoms with van der Waals surface area (Å²) in [5, 5.41) is 0. The molecular formula is C15H22N2O2. The lowest BCUT2D eigenvalue weighted by atomic mass is 10.2. The lowest BCUT2D eigenvalue weighted by Gasteiger charge is -2.29. The Bertz CT molecular complexity index is 430. The van der Waals surface area contributed by atoms with Gasteiger partial charge in [-0.25, -0.2) is 4.79 Å². The molecule has 0 radical (unpaired) electrons. The Morgan fingerprint density at radius 1 is 1.32 bits per heavy atom. The Hall–Kier alpha value is -1.71. The van der Waals surface area contributed by atoms with Gasteiger partial charge in [0.25, 0.3) is 0 Å². The fourth-order valence-electron chi connectivity index (χ4n) is 2.03. The Morgan fingerprint density at radius 2 is 2.11 bits per heavy atom. The maximum absolute atomic E-state index is 11.9. The molecule has 0 aliphatic carbocycles. The van der Waals surface area contributed by atoms with E-state index in [-0.39, 0.29) is 6.09 Å². The van der Waals surface area contributed by atoms with Crippen molar-refractivity contribution in [1.29, 1.82) is 0 Å². The van der Waals surface area contributed by atoms with Crippen molar-refractivity contribution in [1.82, 2.24) is 9.80 Å². The number of hydrogen-bond donors (Lipinski definition) is 0. The average Bonchev–Trinajstić information content (AvgIpc) is 2.38. The predicted molar refractivity (Wildman–Crippen MR) is 75.2 cm³/mol. The maximum atomic E-state index is 11.9. The van der Waals surface area contributed by atoms with Crippen LogP contribution in [0.4, 0.5) is 4.79 Å². The van der Waals surface area contributed by atoms with Crippen LogP contribution >= 0.6 is 0 Å². The van der Waals surface area contributed by atoms with Crippen LogP contribution in [0, 0.1) is 0 Å². The molecule has 0 fully saturated rings. The van der Waals surface area contributed by atoms with Crippen LogP contribution in [0.2, 0.25) is 0 Å². The molecule has 1 amide bonds. The Balaban J connectivity index is 1.93. The third-order valence-electron chi connectivity index (χ3n) is 2.94.